The van der Waals surface area contributed by atoms with Gasteiger partial charge >= 0.3 is 0 Å². The van der Waals surface area contributed by atoms with E-state index in [1.807, 2.05) is 30.5 Å². The van der Waals surface area contributed by atoms with Gasteiger partial charge in [-0.15, -0.1) is 11.8 Å². The highest BCUT2D eigenvalue weighted by Crippen LogP contribution is 2.38. The third kappa shape index (κ3) is 3.83. The molecule has 0 saturated carbocycles. The van der Waals surface area contributed by atoms with Gasteiger partial charge in [0.25, 0.3) is 5.91 Å². The Kier molecular flexibility index (Phi) is 5.99. The first-order chi connectivity index (χ1) is 15.6. The molecule has 6 nitrogen and oxygen atoms in total. The molecule has 1 fully saturated rings. The summed E-state index contributed by atoms with van der Waals surface area (Å²) >= 11 is 7.79. The number of hydrogen-bond acceptors (Lipinski definition) is 6. The van der Waals surface area contributed by atoms with Gasteiger partial charge in [-0.3, -0.25) is 14.5 Å². The fourth-order valence-corrected chi connectivity index (χ4v) is 5.01. The van der Waals surface area contributed by atoms with E-state index in [0.29, 0.717) is 47.9 Å². The number of ether oxygens (including phenoxy) is 1. The van der Waals surface area contributed by atoms with E-state index >= 15 is 0 Å². The molecule has 1 unspecified atom stereocenters. The minimum Gasteiger partial charge on any atom is -0.450 e. The summed E-state index contributed by atoms with van der Waals surface area (Å²) in [6, 6.07) is 12.4. The molecule has 166 valence electrons. The van der Waals surface area contributed by atoms with Crippen LogP contribution in [0.4, 0.5) is 0 Å². The molecular weight excluding hydrogens is 448 g/mol. The highest BCUT2D eigenvalue weighted by atomic mass is 35.5. The van der Waals surface area contributed by atoms with Crippen LogP contribution in [0, 0.1) is 0 Å². The van der Waals surface area contributed by atoms with Crippen molar-refractivity contribution >= 4 is 40.2 Å². The number of rotatable bonds is 5. The summed E-state index contributed by atoms with van der Waals surface area (Å²) in [6.07, 6.45) is 2.02. The third-order valence-electron chi connectivity index (χ3n) is 6.12. The van der Waals surface area contributed by atoms with E-state index in [2.05, 4.69) is 4.90 Å². The maximum Gasteiger partial charge on any atom is 0.290 e. The number of benzene rings is 2. The number of morpholine rings is 1. The number of fused-ring (bicyclic) bond motifs is 2. The van der Waals surface area contributed by atoms with Crippen molar-refractivity contribution in [3.8, 4) is 0 Å². The predicted octanol–water partition coefficient (Wildman–Crippen LogP) is 4.05. The normalized spacial score (nSPS) is 19.0. The van der Waals surface area contributed by atoms with Crippen molar-refractivity contribution in [2.45, 2.75) is 10.9 Å². The van der Waals surface area contributed by atoms with Crippen LogP contribution in [0.2, 0.25) is 5.02 Å². The smallest absolute Gasteiger partial charge is 0.290 e. The van der Waals surface area contributed by atoms with Crippen LogP contribution >= 0.6 is 23.4 Å². The van der Waals surface area contributed by atoms with Gasteiger partial charge in [0.15, 0.2) is 5.43 Å². The summed E-state index contributed by atoms with van der Waals surface area (Å²) in [5.41, 5.74) is 1.46. The standard InChI is InChI=1S/C24H23ClN2O4S/c1-32-17-5-2-15(3-6-17)21-20-22(28)18-14-16(25)4-7-19(18)31-23(20)24(29)27(21)9-8-26-10-12-30-13-11-26/h2-7,14,21H,8-13H2,1H3. The number of carbonyl (C=O) groups excluding carboxylic acids is 1. The van der Waals surface area contributed by atoms with Gasteiger partial charge in [0, 0.05) is 36.1 Å². The van der Waals surface area contributed by atoms with Crippen molar-refractivity contribution in [3.63, 3.8) is 0 Å². The molecule has 1 amide bonds. The molecule has 0 radical (unpaired) electrons. The summed E-state index contributed by atoms with van der Waals surface area (Å²) in [6.45, 7) is 4.26. The Morgan fingerprint density at radius 2 is 1.81 bits per heavy atom. The molecule has 2 aliphatic heterocycles. The zero-order chi connectivity index (χ0) is 22.2. The fraction of sp³-hybridized carbons (Fsp3) is 0.333. The maximum absolute atomic E-state index is 13.5. The Morgan fingerprint density at radius 3 is 2.53 bits per heavy atom. The van der Waals surface area contributed by atoms with E-state index in [0.717, 1.165) is 23.5 Å². The van der Waals surface area contributed by atoms with E-state index in [-0.39, 0.29) is 17.1 Å². The zero-order valence-electron chi connectivity index (χ0n) is 17.7. The molecule has 1 aromatic heterocycles. The predicted molar refractivity (Wildman–Crippen MR) is 126 cm³/mol. The molecule has 3 aromatic rings. The second-order valence-corrected chi connectivity index (χ2v) is 9.26. The van der Waals surface area contributed by atoms with Crippen LogP contribution in [-0.4, -0.2) is 61.4 Å². The molecule has 32 heavy (non-hydrogen) atoms. The van der Waals surface area contributed by atoms with E-state index in [1.54, 1.807) is 34.9 Å². The molecule has 2 aromatic carbocycles. The molecule has 0 spiro atoms. The number of thioether (sulfide) groups is 1. The second-order valence-electron chi connectivity index (χ2n) is 7.94. The van der Waals surface area contributed by atoms with Gasteiger partial charge in [-0.1, -0.05) is 23.7 Å². The number of nitrogens with zero attached hydrogens (tertiary/aromatic N) is 2. The molecule has 0 N–H and O–H groups in total. The van der Waals surface area contributed by atoms with Crippen molar-refractivity contribution in [2.24, 2.45) is 0 Å². The van der Waals surface area contributed by atoms with Crippen molar-refractivity contribution < 1.29 is 13.9 Å². The summed E-state index contributed by atoms with van der Waals surface area (Å²) in [4.78, 5) is 32.2. The Bertz CT molecular complexity index is 1220. The van der Waals surface area contributed by atoms with Crippen molar-refractivity contribution in [3.05, 3.63) is 74.6 Å². The van der Waals surface area contributed by atoms with Gasteiger partial charge in [0.2, 0.25) is 5.76 Å². The first-order valence-electron chi connectivity index (χ1n) is 10.6. The third-order valence-corrected chi connectivity index (χ3v) is 7.10. The van der Waals surface area contributed by atoms with Crippen LogP contribution in [0.3, 0.4) is 0 Å². The van der Waals surface area contributed by atoms with Crippen molar-refractivity contribution in [2.75, 3.05) is 45.6 Å². The molecule has 1 atom stereocenters. The van der Waals surface area contributed by atoms with Gasteiger partial charge < -0.3 is 14.1 Å². The molecule has 3 heterocycles. The molecular formula is C24H23ClN2O4S. The van der Waals surface area contributed by atoms with Crippen molar-refractivity contribution in [1.29, 1.82) is 0 Å². The average Bonchev–Trinajstić information content (AvgIpc) is 3.10. The second kappa shape index (κ2) is 8.90. The molecule has 1 saturated heterocycles. The Morgan fingerprint density at radius 1 is 1.06 bits per heavy atom. The lowest BCUT2D eigenvalue weighted by Crippen LogP contribution is -2.42. The number of carbonyl (C=O) groups is 1. The highest BCUT2D eigenvalue weighted by molar-refractivity contribution is 7.98. The van der Waals surface area contributed by atoms with E-state index < -0.39 is 6.04 Å². The number of halogens is 1. The molecule has 0 aliphatic carbocycles. The Balaban J connectivity index is 1.60. The fourth-order valence-electron chi connectivity index (χ4n) is 4.43. The van der Waals surface area contributed by atoms with E-state index in [1.165, 1.54) is 0 Å². The largest absolute Gasteiger partial charge is 0.450 e. The molecule has 0 bridgehead atoms. The van der Waals surface area contributed by atoms with Gasteiger partial charge in [0.1, 0.15) is 5.58 Å². The van der Waals surface area contributed by atoms with Gasteiger partial charge in [0.05, 0.1) is 30.2 Å². The minimum absolute atomic E-state index is 0.130. The van der Waals surface area contributed by atoms with E-state index in [9.17, 15) is 9.59 Å². The summed E-state index contributed by atoms with van der Waals surface area (Å²) in [7, 11) is 0. The van der Waals surface area contributed by atoms with Gasteiger partial charge in [-0.2, -0.15) is 0 Å². The lowest BCUT2D eigenvalue weighted by molar-refractivity contribution is 0.0314. The molecule has 2 aliphatic rings. The van der Waals surface area contributed by atoms with Gasteiger partial charge in [-0.05, 0) is 42.2 Å². The summed E-state index contributed by atoms with van der Waals surface area (Å²) in [5, 5.41) is 0.851. The minimum atomic E-state index is -0.492. The number of hydrogen-bond donors (Lipinski definition) is 0. The van der Waals surface area contributed by atoms with Crippen LogP contribution < -0.4 is 5.43 Å². The molecule has 5 rings (SSSR count). The maximum atomic E-state index is 13.5. The Labute approximate surface area is 195 Å². The lowest BCUT2D eigenvalue weighted by Gasteiger charge is -2.31. The first-order valence-corrected chi connectivity index (χ1v) is 12.2. The topological polar surface area (TPSA) is 63.0 Å². The summed E-state index contributed by atoms with van der Waals surface area (Å²) < 4.78 is 11.4. The lowest BCUT2D eigenvalue weighted by atomic mass is 9.98. The zero-order valence-corrected chi connectivity index (χ0v) is 19.2. The van der Waals surface area contributed by atoms with Crippen LogP contribution in [0.1, 0.15) is 27.7 Å². The van der Waals surface area contributed by atoms with Crippen LogP contribution in [0.15, 0.2) is 56.6 Å². The van der Waals surface area contributed by atoms with Crippen LogP contribution in [-0.2, 0) is 4.74 Å². The highest BCUT2D eigenvalue weighted by Gasteiger charge is 2.42. The molecule has 8 heteroatoms. The van der Waals surface area contributed by atoms with Crippen LogP contribution in [0.5, 0.6) is 0 Å². The van der Waals surface area contributed by atoms with Crippen LogP contribution in [0.25, 0.3) is 11.0 Å². The Hall–Kier alpha value is -2.32. The average molecular weight is 471 g/mol. The summed E-state index contributed by atoms with van der Waals surface area (Å²) in [5.74, 6) is -0.119. The van der Waals surface area contributed by atoms with Crippen molar-refractivity contribution in [1.82, 2.24) is 9.80 Å². The van der Waals surface area contributed by atoms with E-state index in [4.69, 9.17) is 20.8 Å². The SMILES string of the molecule is CSc1ccc(C2c3c(oc4ccc(Cl)cc4c3=O)C(=O)N2CCN2CCOCC2)cc1. The monoisotopic (exact) mass is 470 g/mol. The van der Waals surface area contributed by atoms with Gasteiger partial charge in [-0.25, -0.2) is 0 Å². The quantitative estimate of drug-likeness (QED) is 0.524. The first kappa shape index (κ1) is 21.5. The number of amides is 1.